The van der Waals surface area contributed by atoms with Crippen molar-refractivity contribution in [3.05, 3.63) is 29.3 Å². The first kappa shape index (κ1) is 12.5. The predicted octanol–water partition coefficient (Wildman–Crippen LogP) is 3.70. The van der Waals surface area contributed by atoms with Crippen molar-refractivity contribution in [2.45, 2.75) is 36.1 Å². The van der Waals surface area contributed by atoms with Gasteiger partial charge in [0.15, 0.2) is 0 Å². The molecule has 1 aromatic carbocycles. The molecule has 0 N–H and O–H groups in total. The Balaban J connectivity index is 2.19. The topological polar surface area (TPSA) is 17.1 Å². The molecular weight excluding hydrogens is 249 g/mol. The molecule has 92 valence electrons. The van der Waals surface area contributed by atoms with Gasteiger partial charge in [-0.15, -0.1) is 11.8 Å². The van der Waals surface area contributed by atoms with Crippen LogP contribution in [0.2, 0.25) is 0 Å². The number of benzene rings is 1. The molecule has 1 heterocycles. The Morgan fingerprint density at radius 2 is 2.18 bits per heavy atom. The number of carbonyl (C=O) groups is 1. The first-order valence-corrected chi connectivity index (χ1v) is 6.10. The van der Waals surface area contributed by atoms with Crippen LogP contribution in [0.3, 0.4) is 0 Å². The SMILES string of the molecule is CC(=O)CC1Cc2ccc(C(F)(F)F)cc2S1. The average molecular weight is 260 g/mol. The smallest absolute Gasteiger partial charge is 0.300 e. The second-order valence-corrected chi connectivity index (χ2v) is 5.51. The van der Waals surface area contributed by atoms with E-state index in [1.54, 1.807) is 0 Å². The van der Waals surface area contributed by atoms with Gasteiger partial charge in [0.1, 0.15) is 5.78 Å². The molecule has 0 bridgehead atoms. The minimum absolute atomic E-state index is 0.0753. The number of hydrogen-bond donors (Lipinski definition) is 0. The van der Waals surface area contributed by atoms with Crippen LogP contribution in [-0.4, -0.2) is 11.0 Å². The minimum atomic E-state index is -4.30. The normalized spacial score (nSPS) is 19.2. The van der Waals surface area contributed by atoms with Gasteiger partial charge in [-0.3, -0.25) is 4.79 Å². The van der Waals surface area contributed by atoms with E-state index in [0.717, 1.165) is 11.6 Å². The van der Waals surface area contributed by atoms with Gasteiger partial charge in [-0.2, -0.15) is 13.2 Å². The van der Waals surface area contributed by atoms with E-state index in [1.165, 1.54) is 30.8 Å². The molecule has 5 heteroatoms. The van der Waals surface area contributed by atoms with E-state index >= 15 is 0 Å². The molecule has 0 saturated carbocycles. The third-order valence-corrected chi connectivity index (χ3v) is 3.95. The molecule has 0 aromatic heterocycles. The molecule has 0 fully saturated rings. The zero-order chi connectivity index (χ0) is 12.6. The van der Waals surface area contributed by atoms with Gasteiger partial charge in [0, 0.05) is 16.6 Å². The van der Waals surface area contributed by atoms with Crippen molar-refractivity contribution in [2.24, 2.45) is 0 Å². The molecule has 1 aliphatic rings. The van der Waals surface area contributed by atoms with Crippen molar-refractivity contribution < 1.29 is 18.0 Å². The van der Waals surface area contributed by atoms with Crippen LogP contribution in [0.15, 0.2) is 23.1 Å². The third-order valence-electron chi connectivity index (χ3n) is 2.65. The van der Waals surface area contributed by atoms with Gasteiger partial charge in [0.2, 0.25) is 0 Å². The summed E-state index contributed by atoms with van der Waals surface area (Å²) in [7, 11) is 0. The zero-order valence-electron chi connectivity index (χ0n) is 9.17. The summed E-state index contributed by atoms with van der Waals surface area (Å²) < 4.78 is 37.5. The first-order chi connectivity index (χ1) is 7.86. The standard InChI is InChI=1S/C12H11F3OS/c1-7(16)4-10-5-8-2-3-9(12(13,14)15)6-11(8)17-10/h2-3,6,10H,4-5H2,1H3. The molecule has 1 atom stereocenters. The minimum Gasteiger partial charge on any atom is -0.300 e. The fourth-order valence-corrected chi connectivity index (χ4v) is 3.35. The summed E-state index contributed by atoms with van der Waals surface area (Å²) in [5.74, 6) is 0.0753. The average Bonchev–Trinajstić information content (AvgIpc) is 2.55. The van der Waals surface area contributed by atoms with Crippen molar-refractivity contribution >= 4 is 17.5 Å². The highest BCUT2D eigenvalue weighted by molar-refractivity contribution is 8.00. The van der Waals surface area contributed by atoms with Crippen molar-refractivity contribution in [1.29, 1.82) is 0 Å². The molecular formula is C12H11F3OS. The summed E-state index contributed by atoms with van der Waals surface area (Å²) in [6.45, 7) is 1.50. The first-order valence-electron chi connectivity index (χ1n) is 5.22. The predicted molar refractivity (Wildman–Crippen MR) is 60.1 cm³/mol. The second-order valence-electron chi connectivity index (χ2n) is 4.17. The van der Waals surface area contributed by atoms with Gasteiger partial charge in [0.25, 0.3) is 0 Å². The van der Waals surface area contributed by atoms with Crippen LogP contribution in [0.1, 0.15) is 24.5 Å². The maximum atomic E-state index is 12.5. The van der Waals surface area contributed by atoms with Crippen LogP contribution in [0.5, 0.6) is 0 Å². The lowest BCUT2D eigenvalue weighted by atomic mass is 10.1. The Morgan fingerprint density at radius 3 is 2.76 bits per heavy atom. The van der Waals surface area contributed by atoms with Gasteiger partial charge in [0.05, 0.1) is 5.56 Å². The van der Waals surface area contributed by atoms with Crippen LogP contribution in [0.4, 0.5) is 13.2 Å². The van der Waals surface area contributed by atoms with E-state index in [4.69, 9.17) is 0 Å². The van der Waals surface area contributed by atoms with E-state index in [0.29, 0.717) is 17.7 Å². The van der Waals surface area contributed by atoms with E-state index in [2.05, 4.69) is 0 Å². The molecule has 0 radical (unpaired) electrons. The molecule has 1 aromatic rings. The Kier molecular flexibility index (Phi) is 3.21. The second kappa shape index (κ2) is 4.37. The molecule has 1 aliphatic heterocycles. The molecule has 0 saturated heterocycles. The Bertz CT molecular complexity index is 454. The number of hydrogen-bond acceptors (Lipinski definition) is 2. The number of alkyl halides is 3. The fourth-order valence-electron chi connectivity index (χ4n) is 1.91. The maximum Gasteiger partial charge on any atom is 0.416 e. The molecule has 0 amide bonds. The summed E-state index contributed by atoms with van der Waals surface area (Å²) in [6, 6.07) is 3.81. The van der Waals surface area contributed by atoms with Crippen molar-refractivity contribution in [3.8, 4) is 0 Å². The van der Waals surface area contributed by atoms with Gasteiger partial charge in [-0.05, 0) is 31.0 Å². The highest BCUT2D eigenvalue weighted by Gasteiger charge is 2.33. The third kappa shape index (κ3) is 2.83. The summed E-state index contributed by atoms with van der Waals surface area (Å²) in [4.78, 5) is 11.6. The Labute approximate surface area is 101 Å². The largest absolute Gasteiger partial charge is 0.416 e. The number of fused-ring (bicyclic) bond motifs is 1. The molecule has 0 spiro atoms. The molecule has 2 rings (SSSR count). The summed E-state index contributed by atoms with van der Waals surface area (Å²) in [5, 5.41) is 0.0889. The van der Waals surface area contributed by atoms with Gasteiger partial charge in [-0.1, -0.05) is 6.07 Å². The van der Waals surface area contributed by atoms with Crippen molar-refractivity contribution in [2.75, 3.05) is 0 Å². The molecule has 1 unspecified atom stereocenters. The summed E-state index contributed by atoms with van der Waals surface area (Å²) >= 11 is 1.37. The monoisotopic (exact) mass is 260 g/mol. The quantitative estimate of drug-likeness (QED) is 0.806. The van der Waals surface area contributed by atoms with E-state index in [9.17, 15) is 18.0 Å². The highest BCUT2D eigenvalue weighted by atomic mass is 32.2. The van der Waals surface area contributed by atoms with E-state index in [1.807, 2.05) is 0 Å². The fraction of sp³-hybridized carbons (Fsp3) is 0.417. The molecule has 0 aliphatic carbocycles. The summed E-state index contributed by atoms with van der Waals surface area (Å²) in [6.07, 6.45) is -3.20. The lowest BCUT2D eigenvalue weighted by molar-refractivity contribution is -0.137. The number of halogens is 3. The number of carbonyl (C=O) groups excluding carboxylic acids is 1. The van der Waals surface area contributed by atoms with Gasteiger partial charge >= 0.3 is 6.18 Å². The number of thioether (sulfide) groups is 1. The van der Waals surface area contributed by atoms with Crippen LogP contribution < -0.4 is 0 Å². The summed E-state index contributed by atoms with van der Waals surface area (Å²) in [5.41, 5.74) is 0.293. The van der Waals surface area contributed by atoms with E-state index < -0.39 is 11.7 Å². The van der Waals surface area contributed by atoms with Crippen LogP contribution in [0.25, 0.3) is 0 Å². The number of rotatable bonds is 2. The lowest BCUT2D eigenvalue weighted by Gasteiger charge is -2.07. The van der Waals surface area contributed by atoms with Crippen LogP contribution in [-0.2, 0) is 17.4 Å². The highest BCUT2D eigenvalue weighted by Crippen LogP contribution is 2.41. The zero-order valence-corrected chi connectivity index (χ0v) is 9.99. The Morgan fingerprint density at radius 1 is 1.47 bits per heavy atom. The number of ketones is 1. The Hall–Kier alpha value is -0.970. The van der Waals surface area contributed by atoms with Gasteiger partial charge < -0.3 is 0 Å². The number of Topliss-reactive ketones (excluding diaryl/α,β-unsaturated/α-hetero) is 1. The van der Waals surface area contributed by atoms with Crippen molar-refractivity contribution in [3.63, 3.8) is 0 Å². The van der Waals surface area contributed by atoms with Crippen LogP contribution in [0, 0.1) is 0 Å². The van der Waals surface area contributed by atoms with Crippen LogP contribution >= 0.6 is 11.8 Å². The molecule has 17 heavy (non-hydrogen) atoms. The lowest BCUT2D eigenvalue weighted by Crippen LogP contribution is -2.06. The van der Waals surface area contributed by atoms with Gasteiger partial charge in [-0.25, -0.2) is 0 Å². The van der Waals surface area contributed by atoms with E-state index in [-0.39, 0.29) is 11.0 Å². The maximum absolute atomic E-state index is 12.5. The molecule has 1 nitrogen and oxygen atoms in total. The van der Waals surface area contributed by atoms with Crippen molar-refractivity contribution in [1.82, 2.24) is 0 Å².